The Labute approximate surface area is 312 Å². The number of pyridine rings is 1. The molecule has 4 aliphatic heterocycles. The molecule has 2 atom stereocenters. The van der Waals surface area contributed by atoms with Crippen LogP contribution in [0.2, 0.25) is 5.02 Å². The summed E-state index contributed by atoms with van der Waals surface area (Å²) in [5.41, 5.74) is -0.00189. The molecule has 1 amide bonds. The fourth-order valence-electron chi connectivity index (χ4n) is 7.97. The van der Waals surface area contributed by atoms with Crippen LogP contribution >= 0.6 is 19.2 Å². The SMILES string of the molecule is CCOP(=O)(CC(=O)N1CCN(c2nc(OC)nc3c(F)c(-c4cccc5cccc(Cl)c45)ncc23)CC12COC2)OCC.F[C@@H]1CC2CCCN2C1. The second-order valence-corrected chi connectivity index (χ2v) is 16.2. The monoisotopic (exact) mass is 772 g/mol. The molecule has 4 saturated heterocycles. The van der Waals surface area contributed by atoms with Gasteiger partial charge in [0.05, 0.1) is 38.9 Å². The maximum atomic E-state index is 16.4. The molecule has 4 aliphatic rings. The third kappa shape index (κ3) is 7.46. The van der Waals surface area contributed by atoms with Crippen LogP contribution in [0.5, 0.6) is 6.01 Å². The van der Waals surface area contributed by atoms with E-state index in [0.717, 1.165) is 18.4 Å². The van der Waals surface area contributed by atoms with Gasteiger partial charge in [-0.3, -0.25) is 19.2 Å². The van der Waals surface area contributed by atoms with E-state index in [4.69, 9.17) is 30.1 Å². The van der Waals surface area contributed by atoms with Gasteiger partial charge in [0.2, 0.25) is 5.91 Å². The maximum absolute atomic E-state index is 16.4. The molecule has 2 aromatic carbocycles. The van der Waals surface area contributed by atoms with Crippen LogP contribution in [0.3, 0.4) is 0 Å². The van der Waals surface area contributed by atoms with Crippen molar-refractivity contribution in [3.05, 3.63) is 53.4 Å². The van der Waals surface area contributed by atoms with Gasteiger partial charge in [-0.05, 0) is 51.1 Å². The number of ether oxygens (including phenoxy) is 2. The zero-order valence-electron chi connectivity index (χ0n) is 30.1. The predicted molar refractivity (Wildman–Crippen MR) is 199 cm³/mol. The van der Waals surface area contributed by atoms with Gasteiger partial charge in [-0.2, -0.15) is 9.97 Å². The molecule has 4 aromatic rings. The average Bonchev–Trinajstić information content (AvgIpc) is 3.72. The van der Waals surface area contributed by atoms with Crippen molar-refractivity contribution in [3.63, 3.8) is 0 Å². The van der Waals surface area contributed by atoms with E-state index >= 15 is 4.39 Å². The van der Waals surface area contributed by atoms with Crippen molar-refractivity contribution in [2.75, 3.05) is 77.3 Å². The molecule has 4 fully saturated rings. The van der Waals surface area contributed by atoms with Crippen LogP contribution < -0.4 is 9.64 Å². The number of halogens is 3. The van der Waals surface area contributed by atoms with Crippen molar-refractivity contribution in [2.24, 2.45) is 0 Å². The van der Waals surface area contributed by atoms with Crippen LogP contribution in [0, 0.1) is 5.82 Å². The lowest BCUT2D eigenvalue weighted by Gasteiger charge is -2.55. The van der Waals surface area contributed by atoms with E-state index in [1.165, 1.54) is 20.0 Å². The van der Waals surface area contributed by atoms with Crippen LogP contribution in [0.25, 0.3) is 32.9 Å². The lowest BCUT2D eigenvalue weighted by molar-refractivity contribution is -0.167. The lowest BCUT2D eigenvalue weighted by atomic mass is 9.91. The van der Waals surface area contributed by atoms with Crippen molar-refractivity contribution in [1.82, 2.24) is 24.8 Å². The van der Waals surface area contributed by atoms with Crippen LogP contribution in [0.1, 0.15) is 33.1 Å². The Balaban J connectivity index is 0.000000418. The minimum absolute atomic E-state index is 0.00807. The molecular formula is C37H44ClF2N6O6P. The quantitative estimate of drug-likeness (QED) is 0.173. The number of fused-ring (bicyclic) bond motifs is 3. The minimum atomic E-state index is -3.60. The summed E-state index contributed by atoms with van der Waals surface area (Å²) in [6.45, 7) is 7.13. The second-order valence-electron chi connectivity index (χ2n) is 13.8. The Kier molecular flexibility index (Phi) is 11.2. The Hall–Kier alpha value is -3.52. The summed E-state index contributed by atoms with van der Waals surface area (Å²) < 4.78 is 63.8. The van der Waals surface area contributed by atoms with Gasteiger partial charge in [0, 0.05) is 54.4 Å². The van der Waals surface area contributed by atoms with E-state index in [9.17, 15) is 13.8 Å². The summed E-state index contributed by atoms with van der Waals surface area (Å²) in [7, 11) is -2.18. The second kappa shape index (κ2) is 15.7. The minimum Gasteiger partial charge on any atom is -0.467 e. The Morgan fingerprint density at radius 2 is 1.85 bits per heavy atom. The van der Waals surface area contributed by atoms with Crippen molar-refractivity contribution < 1.29 is 36.7 Å². The zero-order chi connectivity index (χ0) is 37.3. The normalized spacial score (nSPS) is 21.1. The summed E-state index contributed by atoms with van der Waals surface area (Å²) in [6.07, 6.45) is 4.00. The number of alkyl halides is 1. The Bertz CT molecular complexity index is 2010. The molecule has 53 heavy (non-hydrogen) atoms. The number of rotatable bonds is 9. The number of carbonyl (C=O) groups is 1. The number of aromatic nitrogens is 3. The molecule has 0 aliphatic carbocycles. The highest BCUT2D eigenvalue weighted by molar-refractivity contribution is 7.54. The first kappa shape index (κ1) is 37.8. The van der Waals surface area contributed by atoms with Crippen LogP contribution in [-0.4, -0.2) is 121 Å². The fourth-order valence-corrected chi connectivity index (χ4v) is 9.80. The molecule has 12 nitrogen and oxygen atoms in total. The van der Waals surface area contributed by atoms with E-state index in [2.05, 4.69) is 19.9 Å². The summed E-state index contributed by atoms with van der Waals surface area (Å²) in [5, 5.41) is 2.43. The van der Waals surface area contributed by atoms with E-state index in [0.29, 0.717) is 52.9 Å². The van der Waals surface area contributed by atoms with Gasteiger partial charge in [-0.1, -0.05) is 41.9 Å². The van der Waals surface area contributed by atoms with Gasteiger partial charge in [0.15, 0.2) is 5.82 Å². The van der Waals surface area contributed by atoms with Crippen molar-refractivity contribution in [2.45, 2.75) is 50.9 Å². The number of amides is 1. The van der Waals surface area contributed by atoms with Gasteiger partial charge in [0.1, 0.15) is 34.9 Å². The number of hydrogen-bond acceptors (Lipinski definition) is 11. The molecule has 0 saturated carbocycles. The third-order valence-electron chi connectivity index (χ3n) is 10.4. The molecule has 0 radical (unpaired) electrons. The first-order chi connectivity index (χ1) is 25.6. The third-order valence-corrected chi connectivity index (χ3v) is 12.6. The molecule has 0 bridgehead atoms. The highest BCUT2D eigenvalue weighted by Crippen LogP contribution is 2.49. The molecule has 0 N–H and O–H groups in total. The molecule has 8 rings (SSSR count). The topological polar surface area (TPSA) is 119 Å². The molecule has 1 unspecified atom stereocenters. The predicted octanol–water partition coefficient (Wildman–Crippen LogP) is 6.52. The van der Waals surface area contributed by atoms with Gasteiger partial charge in [-0.25, -0.2) is 8.78 Å². The smallest absolute Gasteiger partial charge is 0.340 e. The molecule has 2 aromatic heterocycles. The molecule has 1 spiro atoms. The molecule has 284 valence electrons. The Morgan fingerprint density at radius 3 is 2.53 bits per heavy atom. The summed E-state index contributed by atoms with van der Waals surface area (Å²) in [6, 6.07) is 11.6. The summed E-state index contributed by atoms with van der Waals surface area (Å²) >= 11 is 6.53. The van der Waals surface area contributed by atoms with Crippen LogP contribution in [0.4, 0.5) is 14.6 Å². The van der Waals surface area contributed by atoms with Crippen LogP contribution in [0.15, 0.2) is 42.6 Å². The van der Waals surface area contributed by atoms with Crippen molar-refractivity contribution in [3.8, 4) is 17.3 Å². The zero-order valence-corrected chi connectivity index (χ0v) is 31.8. The van der Waals surface area contributed by atoms with Gasteiger partial charge in [0.25, 0.3) is 0 Å². The highest BCUT2D eigenvalue weighted by Gasteiger charge is 2.51. The molecule has 6 heterocycles. The van der Waals surface area contributed by atoms with E-state index in [1.807, 2.05) is 29.2 Å². The number of hydrogen-bond donors (Lipinski definition) is 0. The van der Waals surface area contributed by atoms with E-state index < -0.39 is 25.1 Å². The fraction of sp³-hybridized carbons (Fsp3) is 0.514. The molecular weight excluding hydrogens is 729 g/mol. The number of anilines is 1. The van der Waals surface area contributed by atoms with Crippen molar-refractivity contribution in [1.29, 1.82) is 0 Å². The standard InChI is InChI=1S/C30H32ClFN5O6P.C7H12FN/c1-4-42-44(39,43-5-2)15-23(38)37-13-12-36(16-30(37)17-41-18-30)28-21-14-33-26(25(32)27(21)34-29(35-28)40-3)20-10-6-8-19-9-7-11-22(31)24(19)20;8-6-4-7-2-1-3-9(7)5-6/h6-11,14H,4-5,12-13,15-18H2,1-3H3;6-7H,1-5H2/t;6-,7?/m.1/s1. The summed E-state index contributed by atoms with van der Waals surface area (Å²) in [4.78, 5) is 32.9. The average molecular weight is 773 g/mol. The maximum Gasteiger partial charge on any atom is 0.340 e. The number of benzene rings is 2. The van der Waals surface area contributed by atoms with Crippen LogP contribution in [-0.2, 0) is 23.1 Å². The largest absolute Gasteiger partial charge is 0.467 e. The first-order valence-corrected chi connectivity index (χ1v) is 20.2. The lowest BCUT2D eigenvalue weighted by Crippen LogP contribution is -2.73. The van der Waals surface area contributed by atoms with E-state index in [-0.39, 0.29) is 62.3 Å². The van der Waals surface area contributed by atoms with Crippen molar-refractivity contribution >= 4 is 52.6 Å². The van der Waals surface area contributed by atoms with Gasteiger partial charge < -0.3 is 28.3 Å². The molecule has 16 heteroatoms. The number of carbonyl (C=O) groups excluding carboxylic acids is 1. The van der Waals surface area contributed by atoms with Gasteiger partial charge in [-0.15, -0.1) is 0 Å². The van der Waals surface area contributed by atoms with Gasteiger partial charge >= 0.3 is 13.6 Å². The number of nitrogens with zero attached hydrogens (tertiary/aromatic N) is 6. The number of piperazine rings is 1. The highest BCUT2D eigenvalue weighted by atomic mass is 35.5. The Morgan fingerprint density at radius 1 is 1.09 bits per heavy atom. The summed E-state index contributed by atoms with van der Waals surface area (Å²) in [5.74, 6) is -0.544. The van der Waals surface area contributed by atoms with E-state index in [1.54, 1.807) is 37.1 Å². The first-order valence-electron chi connectivity index (χ1n) is 18.1. The number of methoxy groups -OCH3 is 1.